The Morgan fingerprint density at radius 3 is 0.750 bits per heavy atom. The van der Waals surface area contributed by atoms with E-state index in [-0.39, 0.29) is 11.9 Å². The van der Waals surface area contributed by atoms with Crippen LogP contribution in [0.15, 0.2) is 97.1 Å². The molecular weight excluding hydrogens is 1000 g/mol. The van der Waals surface area contributed by atoms with Gasteiger partial charge in [-0.1, -0.05) is 47.4 Å². The first-order valence-corrected chi connectivity index (χ1v) is 27.7. The van der Waals surface area contributed by atoms with Crippen molar-refractivity contribution in [2.45, 2.75) is 39.5 Å². The van der Waals surface area contributed by atoms with Gasteiger partial charge in [0.05, 0.1) is 184 Å². The molecule has 0 heterocycles. The lowest BCUT2D eigenvalue weighted by atomic mass is 10.1. The van der Waals surface area contributed by atoms with Crippen molar-refractivity contribution >= 4 is 11.9 Å². The maximum absolute atomic E-state index is 12.3. The van der Waals surface area contributed by atoms with E-state index in [1.165, 1.54) is 0 Å². The highest BCUT2D eigenvalue weighted by molar-refractivity contribution is 5.90. The molecule has 0 bridgehead atoms. The molecule has 0 amide bonds. The highest BCUT2D eigenvalue weighted by Crippen LogP contribution is 2.31. The van der Waals surface area contributed by atoms with Gasteiger partial charge in [0.2, 0.25) is 0 Å². The fraction of sp³-hybridized carbons (Fsp3) is 0.412. The minimum Gasteiger partial charge on any atom is -0.492 e. The van der Waals surface area contributed by atoms with E-state index >= 15 is 0 Å². The Morgan fingerprint density at radius 1 is 0.338 bits per heavy atom. The number of carbonyl (C=O) groups is 2. The highest BCUT2D eigenvalue weighted by atomic mass is 16.5. The van der Waals surface area contributed by atoms with Crippen molar-refractivity contribution < 1.29 is 55.9 Å². The van der Waals surface area contributed by atoms with E-state index in [1.54, 1.807) is 38.1 Å². The van der Waals surface area contributed by atoms with Crippen LogP contribution in [0.2, 0.25) is 0 Å². The monoisotopic (exact) mass is 1090 g/mol. The second-order valence-electron chi connectivity index (χ2n) is 23.7. The van der Waals surface area contributed by atoms with Crippen molar-refractivity contribution in [1.29, 1.82) is 0 Å². The van der Waals surface area contributed by atoms with Gasteiger partial charge in [0.25, 0.3) is 0 Å². The Labute approximate surface area is 478 Å². The number of hydrogen-bond donors (Lipinski definition) is 0. The summed E-state index contributed by atoms with van der Waals surface area (Å²) in [5.41, 5.74) is 6.77. The first kappa shape index (κ1) is 63.2. The fourth-order valence-electron chi connectivity index (χ4n) is 7.88. The van der Waals surface area contributed by atoms with Crippen molar-refractivity contribution in [2.75, 3.05) is 150 Å². The Hall–Kier alpha value is -7.68. The van der Waals surface area contributed by atoms with Crippen LogP contribution in [0.1, 0.15) is 105 Å². The summed E-state index contributed by atoms with van der Waals surface area (Å²) in [6, 6.07) is 29.8. The number of benzene rings is 5. The third-order valence-electron chi connectivity index (χ3n) is 12.1. The Balaban J connectivity index is 1.51. The molecule has 0 atom stereocenters. The average molecular weight is 1090 g/mol. The first-order valence-electron chi connectivity index (χ1n) is 27.7. The molecular formula is C68H86N4O8+4. The maximum atomic E-state index is 12.3. The molecule has 0 spiro atoms. The van der Waals surface area contributed by atoms with E-state index in [9.17, 15) is 9.59 Å². The molecule has 5 aromatic carbocycles. The molecule has 0 saturated carbocycles. The molecule has 0 aliphatic heterocycles. The van der Waals surface area contributed by atoms with Gasteiger partial charge in [-0.2, -0.15) is 0 Å². The molecule has 0 aromatic heterocycles. The molecule has 5 rings (SSSR count). The van der Waals surface area contributed by atoms with E-state index in [0.29, 0.717) is 96.0 Å². The zero-order chi connectivity index (χ0) is 58.4. The average Bonchev–Trinajstić information content (AvgIpc) is 3.39. The van der Waals surface area contributed by atoms with Crippen LogP contribution in [0.3, 0.4) is 0 Å². The largest absolute Gasteiger partial charge is 0.492 e. The number of esters is 2. The quantitative estimate of drug-likeness (QED) is 0.0262. The first-order chi connectivity index (χ1) is 37.9. The number of hydrogen-bond acceptors (Lipinski definition) is 8. The van der Waals surface area contributed by atoms with E-state index in [4.69, 9.17) is 28.4 Å². The molecule has 0 aliphatic rings. The van der Waals surface area contributed by atoms with Crippen molar-refractivity contribution in [2.24, 2.45) is 0 Å². The molecule has 0 aliphatic carbocycles. The van der Waals surface area contributed by atoms with Gasteiger partial charge < -0.3 is 46.4 Å². The summed E-state index contributed by atoms with van der Waals surface area (Å²) in [7, 11) is 26.0. The number of quaternary nitrogens is 4. The number of carbonyl (C=O) groups excluding carboxylic acids is 2. The minimum atomic E-state index is -0.367. The second kappa shape index (κ2) is 30.1. The van der Waals surface area contributed by atoms with Crippen LogP contribution >= 0.6 is 0 Å². The summed E-state index contributed by atoms with van der Waals surface area (Å²) in [4.78, 5) is 24.6. The van der Waals surface area contributed by atoms with Crippen molar-refractivity contribution in [3.05, 3.63) is 153 Å². The van der Waals surface area contributed by atoms with Crippen LogP contribution in [0, 0.1) is 47.4 Å². The van der Waals surface area contributed by atoms with Gasteiger partial charge in [0, 0.05) is 72.2 Å². The van der Waals surface area contributed by atoms with Crippen LogP contribution in [-0.2, 0) is 9.47 Å². The van der Waals surface area contributed by atoms with Crippen LogP contribution in [0.5, 0.6) is 23.0 Å². The molecule has 0 saturated heterocycles. The molecule has 12 heteroatoms. The van der Waals surface area contributed by atoms with E-state index in [1.807, 2.05) is 72.8 Å². The normalized spacial score (nSPS) is 11.3. The Bertz CT molecular complexity index is 2900. The highest BCUT2D eigenvalue weighted by Gasteiger charge is 2.17. The summed E-state index contributed by atoms with van der Waals surface area (Å²) < 4.78 is 39.6. The molecule has 0 radical (unpaired) electrons. The minimum absolute atomic E-state index is 0.307. The molecule has 0 N–H and O–H groups in total. The fourth-order valence-corrected chi connectivity index (χ4v) is 7.88. The number of rotatable bonds is 24. The molecule has 422 valence electrons. The van der Waals surface area contributed by atoms with Crippen molar-refractivity contribution in [3.63, 3.8) is 0 Å². The second-order valence-corrected chi connectivity index (χ2v) is 23.7. The molecule has 0 unspecified atom stereocenters. The van der Waals surface area contributed by atoms with Gasteiger partial charge in [0.15, 0.2) is 0 Å². The summed E-state index contributed by atoms with van der Waals surface area (Å²) >= 11 is 0. The predicted molar refractivity (Wildman–Crippen MR) is 320 cm³/mol. The SMILES string of the molecule is CCOC(=O)c1ccc(C#Cc2cc(OCCC[N+](C)(C)C)c(C#Cc3ccc(C#Cc4cc(OCCC[N+](C)(C)C)c(C#Cc5ccc(C(=O)OCC)cc5)cc4OCCC[N+](C)(C)C)cc3)cc2OCCC[N+](C)(C)C)cc1. The standard InChI is InChI=1S/C68H86N4O8/c1-15-75-67(73)57-33-25-55(26-34-57)31-39-61-51-63(77-45-17-41-69(3,4)5)59(49-65(61)79-47-19-43-71(9,10)11)37-29-53-21-23-54(24-22-53)30-38-60-50-66(80-48-20-44-72(12,13)14)62(52-64(60)78-46-18-42-70(6,7)8)40-32-56-27-35-58(36-28-56)68(74)76-16-2/h21-28,33-36,49-52H,15-20,41-48H2,1-14H3/q+4. The van der Waals surface area contributed by atoms with Gasteiger partial charge >= 0.3 is 11.9 Å². The predicted octanol–water partition coefficient (Wildman–Crippen LogP) is 9.54. The zero-order valence-electron chi connectivity index (χ0n) is 50.2. The van der Waals surface area contributed by atoms with Crippen molar-refractivity contribution in [1.82, 2.24) is 0 Å². The molecule has 12 nitrogen and oxygen atoms in total. The van der Waals surface area contributed by atoms with Gasteiger partial charge in [-0.3, -0.25) is 0 Å². The Kier molecular flexibility index (Phi) is 23.7. The zero-order valence-corrected chi connectivity index (χ0v) is 50.2. The lowest BCUT2D eigenvalue weighted by molar-refractivity contribution is -0.870. The van der Waals surface area contributed by atoms with E-state index in [2.05, 4.69) is 132 Å². The maximum Gasteiger partial charge on any atom is 0.338 e. The molecule has 80 heavy (non-hydrogen) atoms. The van der Waals surface area contributed by atoms with Crippen LogP contribution in [-0.4, -0.2) is 180 Å². The number of nitrogens with zero attached hydrogens (tertiary/aromatic N) is 4. The Morgan fingerprint density at radius 2 is 0.550 bits per heavy atom. The molecule has 5 aromatic rings. The summed E-state index contributed by atoms with van der Waals surface area (Å²) in [6.07, 6.45) is 3.39. The summed E-state index contributed by atoms with van der Waals surface area (Å²) in [5, 5.41) is 0. The molecule has 0 fully saturated rings. The third-order valence-corrected chi connectivity index (χ3v) is 12.1. The van der Waals surface area contributed by atoms with Gasteiger partial charge in [-0.05, 0) is 86.6 Å². The van der Waals surface area contributed by atoms with Crippen LogP contribution in [0.4, 0.5) is 0 Å². The lowest BCUT2D eigenvalue weighted by Crippen LogP contribution is -2.36. The van der Waals surface area contributed by atoms with Gasteiger partial charge in [-0.15, -0.1) is 0 Å². The number of ether oxygens (including phenoxy) is 6. The smallest absolute Gasteiger partial charge is 0.338 e. The third kappa shape index (κ3) is 23.3. The summed E-state index contributed by atoms with van der Waals surface area (Å²) in [5.74, 6) is 28.5. The lowest BCUT2D eigenvalue weighted by Gasteiger charge is -2.24. The van der Waals surface area contributed by atoms with Gasteiger partial charge in [0.1, 0.15) is 23.0 Å². The van der Waals surface area contributed by atoms with E-state index in [0.717, 1.165) is 92.0 Å². The van der Waals surface area contributed by atoms with Gasteiger partial charge in [-0.25, -0.2) is 9.59 Å². The van der Waals surface area contributed by atoms with Crippen LogP contribution in [0.25, 0.3) is 0 Å². The van der Waals surface area contributed by atoms with Crippen LogP contribution < -0.4 is 18.9 Å². The van der Waals surface area contributed by atoms with Crippen molar-refractivity contribution in [3.8, 4) is 70.4 Å². The topological polar surface area (TPSA) is 89.5 Å². The summed E-state index contributed by atoms with van der Waals surface area (Å²) in [6.45, 7) is 9.94. The van der Waals surface area contributed by atoms with E-state index < -0.39 is 0 Å².